The van der Waals surface area contributed by atoms with Gasteiger partial charge in [-0.25, -0.2) is 0 Å². The minimum absolute atomic E-state index is 0.00952. The first kappa shape index (κ1) is 29.4. The summed E-state index contributed by atoms with van der Waals surface area (Å²) in [5.41, 5.74) is 2.84. The smallest absolute Gasteiger partial charge is 0.251 e. The Morgan fingerprint density at radius 1 is 1.15 bits per heavy atom. The minimum Gasteiger partial charge on any atom is -0.396 e. The van der Waals surface area contributed by atoms with Crippen LogP contribution in [0.3, 0.4) is 0 Å². The number of hydrogen-bond acceptors (Lipinski definition) is 5. The first-order valence-corrected chi connectivity index (χ1v) is 15.1. The summed E-state index contributed by atoms with van der Waals surface area (Å²) in [6.45, 7) is 15.6. The fraction of sp³-hybridized carbons (Fsp3) is 0.581. The van der Waals surface area contributed by atoms with Crippen LogP contribution in [0.5, 0.6) is 0 Å². The van der Waals surface area contributed by atoms with Crippen molar-refractivity contribution in [3.8, 4) is 0 Å². The molecule has 0 saturated carbocycles. The quantitative estimate of drug-likeness (QED) is 0.294. The number of thioether (sulfide) groups is 1. The number of amides is 3. The van der Waals surface area contributed by atoms with E-state index in [0.29, 0.717) is 39.0 Å². The van der Waals surface area contributed by atoms with Gasteiger partial charge in [0.25, 0.3) is 5.91 Å². The largest absolute Gasteiger partial charge is 0.396 e. The summed E-state index contributed by atoms with van der Waals surface area (Å²) in [4.78, 5) is 48.2. The monoisotopic (exact) mass is 553 g/mol. The van der Waals surface area contributed by atoms with Crippen molar-refractivity contribution in [1.29, 1.82) is 0 Å². The van der Waals surface area contributed by atoms with Crippen LogP contribution in [-0.4, -0.2) is 81.5 Å². The highest BCUT2D eigenvalue weighted by atomic mass is 32.2. The van der Waals surface area contributed by atoms with Crippen LogP contribution >= 0.6 is 11.8 Å². The molecule has 7 nitrogen and oxygen atoms in total. The number of fused-ring (bicyclic) bond motifs is 1. The van der Waals surface area contributed by atoms with Gasteiger partial charge in [-0.05, 0) is 57.1 Å². The minimum atomic E-state index is -0.667. The molecule has 1 aromatic carbocycles. The van der Waals surface area contributed by atoms with E-state index in [1.807, 2.05) is 43.9 Å². The number of likely N-dealkylation sites (tertiary alicyclic amines) is 1. The van der Waals surface area contributed by atoms with Gasteiger partial charge in [0.2, 0.25) is 11.8 Å². The Balaban J connectivity index is 1.78. The molecule has 1 N–H and O–H groups in total. The molecule has 2 bridgehead atoms. The molecule has 3 saturated heterocycles. The van der Waals surface area contributed by atoms with E-state index >= 15 is 0 Å². The van der Waals surface area contributed by atoms with E-state index in [1.54, 1.807) is 33.7 Å². The Bertz CT molecular complexity index is 1100. The highest BCUT2D eigenvalue weighted by Gasteiger charge is 2.74. The van der Waals surface area contributed by atoms with Gasteiger partial charge in [0.1, 0.15) is 6.04 Å². The summed E-state index contributed by atoms with van der Waals surface area (Å²) < 4.78 is -0.638. The van der Waals surface area contributed by atoms with Gasteiger partial charge in [-0.1, -0.05) is 37.3 Å². The third-order valence-electron chi connectivity index (χ3n) is 8.57. The van der Waals surface area contributed by atoms with E-state index < -0.39 is 22.6 Å². The van der Waals surface area contributed by atoms with Gasteiger partial charge in [0.15, 0.2) is 0 Å². The fourth-order valence-electron chi connectivity index (χ4n) is 7.08. The zero-order valence-corrected chi connectivity index (χ0v) is 24.4. The molecule has 3 aliphatic rings. The standard InChI is InChI=1S/C31H43N3O4S/c1-6-16-32(17-7-2)28(36)24-23-14-15-31(39-23)25(24)29(37)34(19-9-10-20-35)27(31)30(38)33(18-8-3)26-21(4)12-11-13-22(26)5/h6,8,11-13,23-25,27,35H,1,3,7,9-10,14-20H2,2,4-5H3/t23-,24+,25+,27?,31?/m1/s1. The number of anilines is 1. The van der Waals surface area contributed by atoms with Gasteiger partial charge in [-0.15, -0.1) is 24.9 Å². The molecule has 2 unspecified atom stereocenters. The topological polar surface area (TPSA) is 81.2 Å². The molecule has 0 aliphatic carbocycles. The molecule has 3 amide bonds. The number of aryl methyl sites for hydroxylation is 2. The molecule has 39 heavy (non-hydrogen) atoms. The van der Waals surface area contributed by atoms with E-state index in [-0.39, 0.29) is 29.6 Å². The summed E-state index contributed by atoms with van der Waals surface area (Å²) >= 11 is 1.70. The maximum absolute atomic E-state index is 14.7. The summed E-state index contributed by atoms with van der Waals surface area (Å²) in [5, 5.41) is 9.47. The molecule has 0 aromatic heterocycles. The molecule has 3 heterocycles. The van der Waals surface area contributed by atoms with Crippen molar-refractivity contribution in [2.24, 2.45) is 11.8 Å². The van der Waals surface area contributed by atoms with Crippen LogP contribution < -0.4 is 4.90 Å². The lowest BCUT2D eigenvalue weighted by Gasteiger charge is -2.38. The van der Waals surface area contributed by atoms with Gasteiger partial charge < -0.3 is 19.8 Å². The Morgan fingerprint density at radius 2 is 1.85 bits per heavy atom. The van der Waals surface area contributed by atoms with Crippen molar-refractivity contribution in [3.05, 3.63) is 54.6 Å². The third kappa shape index (κ3) is 5.06. The molecule has 3 fully saturated rings. The highest BCUT2D eigenvalue weighted by Crippen LogP contribution is 2.66. The van der Waals surface area contributed by atoms with E-state index in [4.69, 9.17) is 0 Å². The van der Waals surface area contributed by atoms with Gasteiger partial charge in [0, 0.05) is 43.7 Å². The lowest BCUT2D eigenvalue weighted by atomic mass is 9.70. The average molecular weight is 554 g/mol. The van der Waals surface area contributed by atoms with Crippen LogP contribution in [0, 0.1) is 25.7 Å². The number of aliphatic hydroxyl groups excluding tert-OH is 1. The molecule has 4 rings (SSSR count). The molecule has 3 aliphatic heterocycles. The Hall–Kier alpha value is -2.58. The SMILES string of the molecule is C=CCN(CCC)C(=O)[C@@H]1[C@H]2C(=O)N(CCCCO)C(C(=O)N(CC=C)c3c(C)cccc3C)C23CC[C@H]1S3. The summed E-state index contributed by atoms with van der Waals surface area (Å²) in [5.74, 6) is -1.15. The lowest BCUT2D eigenvalue weighted by molar-refractivity contribution is -0.143. The van der Waals surface area contributed by atoms with Crippen LogP contribution in [-0.2, 0) is 14.4 Å². The molecule has 0 radical (unpaired) electrons. The van der Waals surface area contributed by atoms with Crippen molar-refractivity contribution in [1.82, 2.24) is 9.80 Å². The Morgan fingerprint density at radius 3 is 2.46 bits per heavy atom. The van der Waals surface area contributed by atoms with Crippen molar-refractivity contribution >= 4 is 35.2 Å². The van der Waals surface area contributed by atoms with Gasteiger partial charge in [-0.2, -0.15) is 0 Å². The van der Waals surface area contributed by atoms with Crippen LogP contribution in [0.25, 0.3) is 0 Å². The van der Waals surface area contributed by atoms with Crippen molar-refractivity contribution < 1.29 is 19.5 Å². The molecule has 8 heteroatoms. The summed E-state index contributed by atoms with van der Waals surface area (Å²) in [7, 11) is 0. The average Bonchev–Trinajstić information content (AvgIpc) is 3.55. The van der Waals surface area contributed by atoms with E-state index in [0.717, 1.165) is 36.1 Å². The van der Waals surface area contributed by atoms with Crippen molar-refractivity contribution in [3.63, 3.8) is 0 Å². The maximum atomic E-state index is 14.7. The van der Waals surface area contributed by atoms with Crippen LogP contribution in [0.2, 0.25) is 0 Å². The number of unbranched alkanes of at least 4 members (excludes halogenated alkanes) is 1. The van der Waals surface area contributed by atoms with E-state index in [1.165, 1.54) is 0 Å². The maximum Gasteiger partial charge on any atom is 0.251 e. The van der Waals surface area contributed by atoms with E-state index in [2.05, 4.69) is 13.2 Å². The number of para-hydroxylation sites is 1. The van der Waals surface area contributed by atoms with Crippen molar-refractivity contribution in [2.45, 2.75) is 68.9 Å². The summed E-state index contributed by atoms with van der Waals surface area (Å²) in [6.07, 6.45) is 7.01. The number of rotatable bonds is 13. The first-order valence-electron chi connectivity index (χ1n) is 14.2. The zero-order chi connectivity index (χ0) is 28.3. The zero-order valence-electron chi connectivity index (χ0n) is 23.6. The third-order valence-corrected chi connectivity index (χ3v) is 10.5. The van der Waals surface area contributed by atoms with Gasteiger partial charge in [-0.3, -0.25) is 14.4 Å². The van der Waals surface area contributed by atoms with Crippen LogP contribution in [0.1, 0.15) is 50.2 Å². The van der Waals surface area contributed by atoms with Crippen molar-refractivity contribution in [2.75, 3.05) is 37.7 Å². The molecule has 212 valence electrons. The second-order valence-corrected chi connectivity index (χ2v) is 12.7. The molecular formula is C31H43N3O4S. The molecular weight excluding hydrogens is 510 g/mol. The predicted molar refractivity (Wildman–Crippen MR) is 158 cm³/mol. The van der Waals surface area contributed by atoms with Gasteiger partial charge in [0.05, 0.1) is 16.6 Å². The predicted octanol–water partition coefficient (Wildman–Crippen LogP) is 4.11. The second kappa shape index (κ2) is 12.3. The number of carbonyl (C=O) groups is 3. The van der Waals surface area contributed by atoms with Crippen LogP contribution in [0.4, 0.5) is 5.69 Å². The number of hydrogen-bond donors (Lipinski definition) is 1. The summed E-state index contributed by atoms with van der Waals surface area (Å²) in [6, 6.07) is 5.31. The molecule has 1 spiro atoms. The number of carbonyl (C=O) groups excluding carboxylic acids is 3. The van der Waals surface area contributed by atoms with E-state index in [9.17, 15) is 19.5 Å². The number of aliphatic hydroxyl groups is 1. The second-order valence-electron chi connectivity index (χ2n) is 11.1. The first-order chi connectivity index (χ1) is 18.8. The molecule has 1 aromatic rings. The molecule has 5 atom stereocenters. The number of nitrogens with zero attached hydrogens (tertiary/aromatic N) is 3. The number of benzene rings is 1. The van der Waals surface area contributed by atoms with Gasteiger partial charge >= 0.3 is 0 Å². The lowest BCUT2D eigenvalue weighted by Crippen LogP contribution is -2.55. The normalized spacial score (nSPS) is 27.0. The Labute approximate surface area is 237 Å². The highest BCUT2D eigenvalue weighted by molar-refractivity contribution is 8.02. The fourth-order valence-corrected chi connectivity index (χ4v) is 9.28. The Kier molecular flexibility index (Phi) is 9.27. The van der Waals surface area contributed by atoms with Crippen LogP contribution in [0.15, 0.2) is 43.5 Å².